The first kappa shape index (κ1) is 25.0. The number of benzene rings is 2. The summed E-state index contributed by atoms with van der Waals surface area (Å²) < 4.78 is 58.3. The lowest BCUT2D eigenvalue weighted by Gasteiger charge is -2.26. The minimum absolute atomic E-state index is 0.0324. The molecule has 12 heteroatoms. The summed E-state index contributed by atoms with van der Waals surface area (Å²) in [6.45, 7) is -1.57. The summed E-state index contributed by atoms with van der Waals surface area (Å²) in [5, 5.41) is 15.9. The van der Waals surface area contributed by atoms with Gasteiger partial charge in [-0.05, 0) is 54.7 Å². The highest BCUT2D eigenvalue weighted by Gasteiger charge is 2.42. The molecule has 1 amide bonds. The molecule has 37 heavy (non-hydrogen) atoms. The molecule has 192 valence electrons. The third-order valence-corrected chi connectivity index (χ3v) is 6.44. The van der Waals surface area contributed by atoms with Crippen molar-refractivity contribution in [2.75, 3.05) is 6.61 Å². The third-order valence-electron chi connectivity index (χ3n) is 6.21. The van der Waals surface area contributed by atoms with Crippen molar-refractivity contribution in [2.45, 2.75) is 30.7 Å². The lowest BCUT2D eigenvalue weighted by atomic mass is 9.99. The minimum Gasteiger partial charge on any atom is -0.390 e. The number of halogens is 5. The van der Waals surface area contributed by atoms with Gasteiger partial charge in [-0.3, -0.25) is 9.59 Å². The number of carbonyl (C=O) groups is 1. The maximum atomic E-state index is 14.7. The van der Waals surface area contributed by atoms with Crippen LogP contribution in [0.15, 0.2) is 53.5 Å². The Balaban J connectivity index is 1.59. The quantitative estimate of drug-likeness (QED) is 0.302. The number of aliphatic hydroxyl groups is 1. The topological polar surface area (TPSA) is 99.5 Å². The molecule has 7 nitrogen and oxygen atoms in total. The number of hydrogen-bond donors (Lipinski definition) is 3. The van der Waals surface area contributed by atoms with Crippen molar-refractivity contribution in [3.05, 3.63) is 92.4 Å². The van der Waals surface area contributed by atoms with Crippen LogP contribution in [-0.4, -0.2) is 38.1 Å². The Hall–Kier alpha value is -3.70. The van der Waals surface area contributed by atoms with Crippen LogP contribution < -0.4 is 10.9 Å². The molecule has 1 aliphatic carbocycles. The van der Waals surface area contributed by atoms with Crippen LogP contribution in [0.2, 0.25) is 5.02 Å². The van der Waals surface area contributed by atoms with Crippen molar-refractivity contribution in [1.82, 2.24) is 19.9 Å². The van der Waals surface area contributed by atoms with Crippen molar-refractivity contribution >= 4 is 23.0 Å². The lowest BCUT2D eigenvalue weighted by Crippen LogP contribution is -2.43. The number of hydrogen-bond acceptors (Lipinski definition) is 4. The minimum atomic E-state index is -3.78. The van der Waals surface area contributed by atoms with Crippen molar-refractivity contribution in [2.24, 2.45) is 0 Å². The molecular formula is C25H19ClF4N4O3. The lowest BCUT2D eigenvalue weighted by molar-refractivity contribution is -0.0785. The summed E-state index contributed by atoms with van der Waals surface area (Å²) in [6, 6.07) is 5.93. The van der Waals surface area contributed by atoms with E-state index in [-0.39, 0.29) is 39.0 Å². The smallest absolute Gasteiger partial charge is 0.294 e. The number of fused-ring (bicyclic) bond motifs is 1. The van der Waals surface area contributed by atoms with E-state index in [1.165, 1.54) is 18.3 Å². The van der Waals surface area contributed by atoms with Crippen molar-refractivity contribution in [1.29, 1.82) is 0 Å². The summed E-state index contributed by atoms with van der Waals surface area (Å²) in [7, 11) is 0. The zero-order chi connectivity index (χ0) is 26.5. The van der Waals surface area contributed by atoms with Gasteiger partial charge >= 0.3 is 0 Å². The van der Waals surface area contributed by atoms with E-state index in [0.717, 1.165) is 34.8 Å². The van der Waals surface area contributed by atoms with Gasteiger partial charge in [0.25, 0.3) is 17.4 Å². The van der Waals surface area contributed by atoms with E-state index in [9.17, 15) is 32.3 Å². The summed E-state index contributed by atoms with van der Waals surface area (Å²) in [6.07, 6.45) is 2.56. The molecule has 0 unspecified atom stereocenters. The van der Waals surface area contributed by atoms with Crippen LogP contribution in [0.1, 0.15) is 46.3 Å². The number of H-pyrrole nitrogens is 1. The first-order chi connectivity index (χ1) is 17.6. The van der Waals surface area contributed by atoms with Crippen LogP contribution in [0, 0.1) is 11.6 Å². The van der Waals surface area contributed by atoms with Crippen molar-refractivity contribution in [3.8, 4) is 11.4 Å². The predicted molar refractivity (Wildman–Crippen MR) is 127 cm³/mol. The number of alkyl halides is 2. The van der Waals surface area contributed by atoms with Crippen LogP contribution in [0.4, 0.5) is 17.6 Å². The van der Waals surface area contributed by atoms with Gasteiger partial charge in [-0.2, -0.15) is 0 Å². The Bertz CT molecular complexity index is 1560. The molecule has 0 spiro atoms. The number of aromatic nitrogens is 3. The largest absolute Gasteiger partial charge is 0.390 e. The van der Waals surface area contributed by atoms with Crippen molar-refractivity contribution in [3.63, 3.8) is 0 Å². The third kappa shape index (κ3) is 4.72. The summed E-state index contributed by atoms with van der Waals surface area (Å²) >= 11 is 5.80. The number of nitrogens with one attached hydrogen (secondary N) is 2. The van der Waals surface area contributed by atoms with Crippen molar-refractivity contribution < 1.29 is 27.5 Å². The summed E-state index contributed by atoms with van der Waals surface area (Å²) in [4.78, 5) is 28.9. The van der Waals surface area contributed by atoms with E-state index < -0.39 is 41.7 Å². The number of rotatable bonds is 7. The van der Waals surface area contributed by atoms with Crippen LogP contribution in [-0.2, 0) is 0 Å². The van der Waals surface area contributed by atoms with E-state index >= 15 is 0 Å². The van der Waals surface area contributed by atoms with Gasteiger partial charge in [0.1, 0.15) is 29.8 Å². The number of amides is 1. The first-order valence-electron chi connectivity index (χ1n) is 11.2. The number of aliphatic hydroxyl groups excluding tert-OH is 1. The molecule has 4 aromatic rings. The molecule has 1 atom stereocenters. The molecule has 5 rings (SSSR count). The molecule has 0 aliphatic heterocycles. The van der Waals surface area contributed by atoms with Crippen LogP contribution in [0.5, 0.6) is 0 Å². The highest BCUT2D eigenvalue weighted by atomic mass is 35.5. The van der Waals surface area contributed by atoms with Crippen LogP contribution >= 0.6 is 11.6 Å². The highest BCUT2D eigenvalue weighted by molar-refractivity contribution is 6.30. The zero-order valence-electron chi connectivity index (χ0n) is 18.9. The van der Waals surface area contributed by atoms with Gasteiger partial charge in [-0.25, -0.2) is 22.1 Å². The fourth-order valence-electron chi connectivity index (χ4n) is 4.27. The fourth-order valence-corrected chi connectivity index (χ4v) is 4.43. The Labute approximate surface area is 211 Å². The number of carbonyl (C=O) groups excluding carboxylic acids is 1. The zero-order valence-corrected chi connectivity index (χ0v) is 19.7. The second-order valence-electron chi connectivity index (χ2n) is 8.83. The summed E-state index contributed by atoms with van der Waals surface area (Å²) in [5.74, 6) is -6.39. The van der Waals surface area contributed by atoms with Gasteiger partial charge in [0.15, 0.2) is 5.82 Å². The summed E-state index contributed by atoms with van der Waals surface area (Å²) in [5.41, 5.74) is -0.485. The molecular weight excluding hydrogens is 516 g/mol. The fraction of sp³-hybridized carbons (Fsp3) is 0.240. The second-order valence-corrected chi connectivity index (χ2v) is 9.26. The molecule has 2 aromatic heterocycles. The van der Waals surface area contributed by atoms with Gasteiger partial charge in [0.2, 0.25) is 0 Å². The molecule has 3 N–H and O–H groups in total. The Morgan fingerprint density at radius 1 is 1.22 bits per heavy atom. The second kappa shape index (κ2) is 9.31. The van der Waals surface area contributed by atoms with Gasteiger partial charge < -0.3 is 15.4 Å². The van der Waals surface area contributed by atoms with E-state index in [4.69, 9.17) is 11.6 Å². The molecule has 0 saturated heterocycles. The van der Waals surface area contributed by atoms with Crippen LogP contribution in [0.3, 0.4) is 0 Å². The molecule has 1 fully saturated rings. The van der Waals surface area contributed by atoms with Gasteiger partial charge in [-0.1, -0.05) is 23.7 Å². The Morgan fingerprint density at radius 2 is 1.92 bits per heavy atom. The Kier molecular flexibility index (Phi) is 6.28. The molecule has 1 aliphatic rings. The maximum Gasteiger partial charge on any atom is 0.294 e. The molecule has 2 aromatic carbocycles. The molecule has 0 bridgehead atoms. The SMILES string of the molecule is O=C(N[C@@H](c1ccc(F)cc1)C(F)(F)CO)c1cn2nc(-c3ccc(Cl)cc3F)[nH]c(=O)c2c1C1CC1. The van der Waals surface area contributed by atoms with E-state index in [2.05, 4.69) is 15.4 Å². The molecule has 0 radical (unpaired) electrons. The number of nitrogens with zero attached hydrogens (tertiary/aromatic N) is 2. The van der Waals surface area contributed by atoms with E-state index in [1.807, 2.05) is 0 Å². The normalized spacial score (nSPS) is 14.6. The van der Waals surface area contributed by atoms with Gasteiger partial charge in [0.05, 0.1) is 11.1 Å². The number of aromatic amines is 1. The standard InChI is InChI=1S/C25H19ClF4N4O3/c26-14-5-8-16(18(28)9-14)22-32-24(37)20-19(12-1-2-12)17(10-34(20)33-22)23(36)31-21(25(29,30)11-35)13-3-6-15(27)7-4-13/h3-10,12,21,35H,1-2,11H2,(H,31,36)(H,32,33,37)/t21-/m0/s1. The monoisotopic (exact) mass is 534 g/mol. The molecule has 1 saturated carbocycles. The average molecular weight is 535 g/mol. The van der Waals surface area contributed by atoms with E-state index in [0.29, 0.717) is 18.4 Å². The van der Waals surface area contributed by atoms with E-state index in [1.54, 1.807) is 0 Å². The maximum absolute atomic E-state index is 14.7. The Morgan fingerprint density at radius 3 is 2.54 bits per heavy atom. The van der Waals surface area contributed by atoms with Crippen LogP contribution in [0.25, 0.3) is 16.9 Å². The predicted octanol–water partition coefficient (Wildman–Crippen LogP) is 4.60. The first-order valence-corrected chi connectivity index (χ1v) is 11.6. The molecule has 2 heterocycles. The van der Waals surface area contributed by atoms with Gasteiger partial charge in [0, 0.05) is 16.8 Å². The highest BCUT2D eigenvalue weighted by Crippen LogP contribution is 2.44. The van der Waals surface area contributed by atoms with Gasteiger partial charge in [-0.15, -0.1) is 5.10 Å². The average Bonchev–Trinajstić information content (AvgIpc) is 3.62.